The summed E-state index contributed by atoms with van der Waals surface area (Å²) >= 11 is 0. The van der Waals surface area contributed by atoms with E-state index in [0.717, 1.165) is 25.2 Å². The van der Waals surface area contributed by atoms with Gasteiger partial charge in [0, 0.05) is 25.3 Å². The molecule has 1 amide bonds. The van der Waals surface area contributed by atoms with Crippen molar-refractivity contribution < 1.29 is 9.21 Å². The third kappa shape index (κ3) is 3.33. The van der Waals surface area contributed by atoms with Crippen LogP contribution in [0.5, 0.6) is 0 Å². The summed E-state index contributed by atoms with van der Waals surface area (Å²) in [6.45, 7) is 1.59. The second kappa shape index (κ2) is 7.03. The van der Waals surface area contributed by atoms with Gasteiger partial charge in [0.25, 0.3) is 0 Å². The number of hydrogen-bond donors (Lipinski definition) is 1. The van der Waals surface area contributed by atoms with Gasteiger partial charge in [0.1, 0.15) is 12.4 Å². The Bertz CT molecular complexity index is 964. The number of nitrogens with zero attached hydrogens (tertiary/aromatic N) is 3. The van der Waals surface area contributed by atoms with Gasteiger partial charge in [0.05, 0.1) is 5.52 Å². The summed E-state index contributed by atoms with van der Waals surface area (Å²) < 4.78 is 6.54. The van der Waals surface area contributed by atoms with Crippen LogP contribution >= 0.6 is 0 Å². The molecule has 1 atom stereocenters. The van der Waals surface area contributed by atoms with E-state index >= 15 is 0 Å². The normalized spacial score (nSPS) is 17.4. The Morgan fingerprint density at radius 3 is 2.92 bits per heavy atom. The van der Waals surface area contributed by atoms with Gasteiger partial charge in [-0.2, -0.15) is 0 Å². The van der Waals surface area contributed by atoms with E-state index in [-0.39, 0.29) is 18.5 Å². The zero-order valence-electron chi connectivity index (χ0n) is 14.3. The molecule has 134 valence electrons. The molecule has 0 saturated carbocycles. The predicted molar refractivity (Wildman–Crippen MR) is 98.1 cm³/mol. The molecule has 3 heterocycles. The molecule has 1 aromatic carbocycles. The Kier molecular flexibility index (Phi) is 4.43. The van der Waals surface area contributed by atoms with Crippen molar-refractivity contribution in [3.05, 3.63) is 59.2 Å². The summed E-state index contributed by atoms with van der Waals surface area (Å²) in [5.74, 6) is 0.218. The van der Waals surface area contributed by atoms with Crippen LogP contribution in [0, 0.1) is 0 Å². The number of carbonyl (C=O) groups excluding carboxylic acids is 1. The summed E-state index contributed by atoms with van der Waals surface area (Å²) in [4.78, 5) is 31.0. The van der Waals surface area contributed by atoms with E-state index in [0.29, 0.717) is 17.6 Å². The Balaban J connectivity index is 1.43. The minimum absolute atomic E-state index is 0.0344. The highest BCUT2D eigenvalue weighted by molar-refractivity contribution is 5.79. The number of fused-ring (bicyclic) bond motifs is 1. The standard InChI is InChI=1S/C19H20N4O3/c24-18(13-23-15-7-1-2-8-16(15)26-19(23)25)21-14-6-5-11-22(12-14)17-9-3-4-10-20-17/h1-4,7-10,14H,5-6,11-13H2,(H,21,24)/t14-/m0/s1. The molecule has 4 rings (SSSR count). The van der Waals surface area contributed by atoms with Crippen LogP contribution in [-0.4, -0.2) is 34.6 Å². The quantitative estimate of drug-likeness (QED) is 0.774. The van der Waals surface area contributed by atoms with E-state index in [4.69, 9.17) is 4.42 Å². The predicted octanol–water partition coefficient (Wildman–Crippen LogP) is 1.77. The van der Waals surface area contributed by atoms with Gasteiger partial charge in [-0.3, -0.25) is 9.36 Å². The van der Waals surface area contributed by atoms with Gasteiger partial charge >= 0.3 is 5.76 Å². The zero-order chi connectivity index (χ0) is 17.9. The summed E-state index contributed by atoms with van der Waals surface area (Å²) in [5, 5.41) is 3.04. The first-order valence-electron chi connectivity index (χ1n) is 8.74. The fourth-order valence-electron chi connectivity index (χ4n) is 3.42. The number of oxazole rings is 1. The van der Waals surface area contributed by atoms with Gasteiger partial charge in [-0.1, -0.05) is 18.2 Å². The number of para-hydroxylation sites is 2. The maximum absolute atomic E-state index is 12.5. The molecule has 2 aromatic heterocycles. The highest BCUT2D eigenvalue weighted by Crippen LogP contribution is 2.17. The number of anilines is 1. The number of hydrogen-bond acceptors (Lipinski definition) is 5. The molecular weight excluding hydrogens is 332 g/mol. The molecule has 0 aliphatic carbocycles. The molecule has 7 nitrogen and oxygen atoms in total. The number of pyridine rings is 1. The van der Waals surface area contributed by atoms with Crippen molar-refractivity contribution in [1.29, 1.82) is 0 Å². The number of nitrogens with one attached hydrogen (secondary N) is 1. The Hall–Kier alpha value is -3.09. The minimum Gasteiger partial charge on any atom is -0.408 e. The van der Waals surface area contributed by atoms with Crippen molar-refractivity contribution in [2.45, 2.75) is 25.4 Å². The van der Waals surface area contributed by atoms with Crippen LogP contribution in [0.15, 0.2) is 57.9 Å². The smallest absolute Gasteiger partial charge is 0.408 e. The SMILES string of the molecule is O=C(Cn1c(=O)oc2ccccc21)N[C@H]1CCCN(c2ccccn2)C1. The number of amides is 1. The summed E-state index contributed by atoms with van der Waals surface area (Å²) in [6, 6.07) is 13.0. The van der Waals surface area contributed by atoms with Gasteiger partial charge < -0.3 is 14.6 Å². The average molecular weight is 352 g/mol. The minimum atomic E-state index is -0.514. The first-order chi connectivity index (χ1) is 12.7. The van der Waals surface area contributed by atoms with Crippen LogP contribution in [0.4, 0.5) is 5.82 Å². The fraction of sp³-hybridized carbons (Fsp3) is 0.316. The Morgan fingerprint density at radius 2 is 2.08 bits per heavy atom. The number of rotatable bonds is 4. The molecule has 1 fully saturated rings. The van der Waals surface area contributed by atoms with Gasteiger partial charge in [0.2, 0.25) is 5.91 Å². The lowest BCUT2D eigenvalue weighted by atomic mass is 10.1. The fourth-order valence-corrected chi connectivity index (χ4v) is 3.42. The maximum Gasteiger partial charge on any atom is 0.420 e. The van der Waals surface area contributed by atoms with E-state index < -0.39 is 5.76 Å². The first kappa shape index (κ1) is 16.4. The van der Waals surface area contributed by atoms with Gasteiger partial charge in [-0.25, -0.2) is 9.78 Å². The number of carbonyl (C=O) groups is 1. The van der Waals surface area contributed by atoms with Crippen molar-refractivity contribution in [3.63, 3.8) is 0 Å². The summed E-state index contributed by atoms with van der Waals surface area (Å²) in [6.07, 6.45) is 3.67. The van der Waals surface area contributed by atoms with Crippen LogP contribution in [0.25, 0.3) is 11.1 Å². The lowest BCUT2D eigenvalue weighted by molar-refractivity contribution is -0.122. The maximum atomic E-state index is 12.5. The first-order valence-corrected chi connectivity index (χ1v) is 8.74. The number of piperidine rings is 1. The lowest BCUT2D eigenvalue weighted by Gasteiger charge is -2.33. The summed E-state index contributed by atoms with van der Waals surface area (Å²) in [7, 11) is 0. The van der Waals surface area contributed by atoms with Crippen molar-refractivity contribution in [1.82, 2.24) is 14.9 Å². The van der Waals surface area contributed by atoms with E-state index in [9.17, 15) is 9.59 Å². The molecule has 7 heteroatoms. The largest absolute Gasteiger partial charge is 0.420 e. The summed E-state index contributed by atoms with van der Waals surface area (Å²) in [5.41, 5.74) is 1.12. The Labute approximate surface area is 150 Å². The van der Waals surface area contributed by atoms with Crippen LogP contribution in [0.3, 0.4) is 0 Å². The molecule has 1 aliphatic heterocycles. The van der Waals surface area contributed by atoms with Crippen LogP contribution in [0.2, 0.25) is 0 Å². The molecule has 1 saturated heterocycles. The molecule has 26 heavy (non-hydrogen) atoms. The van der Waals surface area contributed by atoms with E-state index in [1.807, 2.05) is 24.3 Å². The molecule has 0 spiro atoms. The molecule has 0 bridgehead atoms. The molecule has 3 aromatic rings. The van der Waals surface area contributed by atoms with Gasteiger partial charge in [0.15, 0.2) is 5.58 Å². The van der Waals surface area contributed by atoms with Crippen molar-refractivity contribution >= 4 is 22.8 Å². The monoisotopic (exact) mass is 352 g/mol. The highest BCUT2D eigenvalue weighted by Gasteiger charge is 2.23. The van der Waals surface area contributed by atoms with E-state index in [2.05, 4.69) is 15.2 Å². The topological polar surface area (TPSA) is 80.4 Å². The second-order valence-corrected chi connectivity index (χ2v) is 6.46. The van der Waals surface area contributed by atoms with Crippen LogP contribution in [-0.2, 0) is 11.3 Å². The molecular formula is C19H20N4O3. The number of benzene rings is 1. The van der Waals surface area contributed by atoms with Crippen molar-refractivity contribution in [2.24, 2.45) is 0 Å². The molecule has 1 N–H and O–H groups in total. The molecule has 0 radical (unpaired) electrons. The van der Waals surface area contributed by atoms with Gasteiger partial charge in [-0.05, 0) is 37.1 Å². The van der Waals surface area contributed by atoms with Crippen molar-refractivity contribution in [2.75, 3.05) is 18.0 Å². The van der Waals surface area contributed by atoms with E-state index in [1.165, 1.54) is 4.57 Å². The molecule has 0 unspecified atom stereocenters. The number of aromatic nitrogens is 2. The van der Waals surface area contributed by atoms with Crippen molar-refractivity contribution in [3.8, 4) is 0 Å². The van der Waals surface area contributed by atoms with Crippen LogP contribution < -0.4 is 16.0 Å². The third-order valence-electron chi connectivity index (χ3n) is 4.64. The molecule has 1 aliphatic rings. The second-order valence-electron chi connectivity index (χ2n) is 6.46. The zero-order valence-corrected chi connectivity index (χ0v) is 14.3. The highest BCUT2D eigenvalue weighted by atomic mass is 16.4. The third-order valence-corrected chi connectivity index (χ3v) is 4.64. The average Bonchev–Trinajstić information content (AvgIpc) is 2.98. The Morgan fingerprint density at radius 1 is 1.23 bits per heavy atom. The van der Waals surface area contributed by atoms with Gasteiger partial charge in [-0.15, -0.1) is 0 Å². The van der Waals surface area contributed by atoms with E-state index in [1.54, 1.807) is 24.4 Å². The van der Waals surface area contributed by atoms with Crippen LogP contribution in [0.1, 0.15) is 12.8 Å². The lowest BCUT2D eigenvalue weighted by Crippen LogP contribution is -2.49.